The molecule has 3 aromatic rings. The van der Waals surface area contributed by atoms with E-state index in [1.54, 1.807) is 4.40 Å². The van der Waals surface area contributed by atoms with E-state index in [2.05, 4.69) is 15.3 Å². The molecule has 0 fully saturated rings. The summed E-state index contributed by atoms with van der Waals surface area (Å²) in [5.74, 6) is -0.453. The molecule has 25 heavy (non-hydrogen) atoms. The van der Waals surface area contributed by atoms with Gasteiger partial charge in [0, 0.05) is 27.6 Å². The molecule has 8 heteroatoms. The Kier molecular flexibility index (Phi) is 3.77. The molecule has 130 valence electrons. The molecule has 0 spiro atoms. The van der Waals surface area contributed by atoms with Crippen molar-refractivity contribution in [3.05, 3.63) is 43.8 Å². The molecule has 1 N–H and O–H groups in total. The van der Waals surface area contributed by atoms with Gasteiger partial charge in [-0.2, -0.15) is 0 Å². The Morgan fingerprint density at radius 3 is 2.84 bits per heavy atom. The van der Waals surface area contributed by atoms with Crippen LogP contribution in [0.4, 0.5) is 5.13 Å². The Balaban J connectivity index is 1.72. The molecule has 0 bridgehead atoms. The Morgan fingerprint density at radius 2 is 2.12 bits per heavy atom. The highest BCUT2D eigenvalue weighted by Crippen LogP contribution is 2.30. The lowest BCUT2D eigenvalue weighted by Gasteiger charge is -2.17. The number of nitrogens with zero attached hydrogens (tertiary/aromatic N) is 3. The number of carbonyl (C=O) groups excluding carboxylic acids is 1. The topological polar surface area (TPSA) is 76.4 Å². The number of fused-ring (bicyclic) bond motifs is 2. The van der Waals surface area contributed by atoms with Crippen LogP contribution >= 0.6 is 22.7 Å². The van der Waals surface area contributed by atoms with Crippen molar-refractivity contribution in [2.24, 2.45) is 0 Å². The predicted octanol–water partition coefficient (Wildman–Crippen LogP) is 3.25. The summed E-state index contributed by atoms with van der Waals surface area (Å²) in [7, 11) is 0. The van der Waals surface area contributed by atoms with Crippen LogP contribution in [0.5, 0.6) is 0 Å². The van der Waals surface area contributed by atoms with E-state index in [1.807, 2.05) is 26.2 Å². The molecule has 0 unspecified atom stereocenters. The molecule has 1 aliphatic carbocycles. The minimum absolute atomic E-state index is 0.0387. The van der Waals surface area contributed by atoms with Gasteiger partial charge >= 0.3 is 0 Å². The minimum atomic E-state index is -0.453. The molecular formula is C17H18N4O2S2. The van der Waals surface area contributed by atoms with E-state index in [0.29, 0.717) is 10.1 Å². The van der Waals surface area contributed by atoms with Crippen molar-refractivity contribution in [2.45, 2.75) is 45.4 Å². The number of aryl methyl sites for hydroxylation is 2. The van der Waals surface area contributed by atoms with Crippen LogP contribution in [0.1, 0.15) is 53.8 Å². The van der Waals surface area contributed by atoms with Gasteiger partial charge in [0.2, 0.25) is 0 Å². The number of thiazole rings is 2. The van der Waals surface area contributed by atoms with Gasteiger partial charge in [0.05, 0.1) is 5.69 Å². The van der Waals surface area contributed by atoms with Gasteiger partial charge in [-0.25, -0.2) is 9.97 Å². The standard InChI is InChI=1S/C17H18N4O2S2/c1-17(2,3)12-8-24-16-18-7-9(14(23)21(12)16)13(22)20-15-19-10-5-4-6-11(10)25-15/h7-8H,4-6H2,1-3H3,(H,19,20,22). The maximum Gasteiger partial charge on any atom is 0.271 e. The average molecular weight is 374 g/mol. The second kappa shape index (κ2) is 5.74. The summed E-state index contributed by atoms with van der Waals surface area (Å²) in [6.45, 7) is 6.10. The Labute approximate surface area is 152 Å². The van der Waals surface area contributed by atoms with Gasteiger partial charge in [-0.15, -0.1) is 22.7 Å². The van der Waals surface area contributed by atoms with Gasteiger partial charge in [-0.05, 0) is 19.3 Å². The van der Waals surface area contributed by atoms with Gasteiger partial charge in [0.1, 0.15) is 5.56 Å². The van der Waals surface area contributed by atoms with E-state index in [9.17, 15) is 9.59 Å². The van der Waals surface area contributed by atoms with Crippen LogP contribution in [-0.2, 0) is 18.3 Å². The Bertz CT molecular complexity index is 1020. The molecular weight excluding hydrogens is 356 g/mol. The van der Waals surface area contributed by atoms with Gasteiger partial charge in [-0.1, -0.05) is 20.8 Å². The van der Waals surface area contributed by atoms with Crippen LogP contribution in [0.3, 0.4) is 0 Å². The third-order valence-corrected chi connectivity index (χ3v) is 6.19. The number of hydrogen-bond donors (Lipinski definition) is 1. The molecule has 3 heterocycles. The molecule has 0 atom stereocenters. The fourth-order valence-electron chi connectivity index (χ4n) is 2.97. The maximum absolute atomic E-state index is 12.9. The molecule has 0 aromatic carbocycles. The fourth-order valence-corrected chi connectivity index (χ4v) is 5.09. The third-order valence-electron chi connectivity index (χ3n) is 4.27. The molecule has 6 nitrogen and oxygen atoms in total. The lowest BCUT2D eigenvalue weighted by atomic mass is 9.93. The largest absolute Gasteiger partial charge is 0.298 e. The fraction of sp³-hybridized carbons (Fsp3) is 0.412. The Hall–Kier alpha value is -2.06. The first kappa shape index (κ1) is 16.4. The second-order valence-corrected chi connectivity index (χ2v) is 9.08. The smallest absolute Gasteiger partial charge is 0.271 e. The van der Waals surface area contributed by atoms with Crippen molar-refractivity contribution >= 4 is 38.7 Å². The second-order valence-electron chi connectivity index (χ2n) is 7.16. The van der Waals surface area contributed by atoms with Crippen molar-refractivity contribution in [3.8, 4) is 0 Å². The molecule has 3 aromatic heterocycles. The van der Waals surface area contributed by atoms with Crippen LogP contribution < -0.4 is 10.9 Å². The molecule has 1 amide bonds. The van der Waals surface area contributed by atoms with E-state index in [-0.39, 0.29) is 16.5 Å². The minimum Gasteiger partial charge on any atom is -0.298 e. The summed E-state index contributed by atoms with van der Waals surface area (Å²) < 4.78 is 1.54. The number of nitrogens with one attached hydrogen (secondary N) is 1. The zero-order valence-corrected chi connectivity index (χ0v) is 15.9. The van der Waals surface area contributed by atoms with Gasteiger partial charge in [-0.3, -0.25) is 19.3 Å². The van der Waals surface area contributed by atoms with Crippen molar-refractivity contribution in [1.29, 1.82) is 0 Å². The summed E-state index contributed by atoms with van der Waals surface area (Å²) in [6.07, 6.45) is 4.46. The van der Waals surface area contributed by atoms with E-state index < -0.39 is 5.91 Å². The predicted molar refractivity (Wildman–Crippen MR) is 100 cm³/mol. The van der Waals surface area contributed by atoms with Crippen LogP contribution in [0.25, 0.3) is 4.96 Å². The van der Waals surface area contributed by atoms with Crippen molar-refractivity contribution in [3.63, 3.8) is 0 Å². The van der Waals surface area contributed by atoms with Crippen molar-refractivity contribution in [2.75, 3.05) is 5.32 Å². The highest BCUT2D eigenvalue weighted by molar-refractivity contribution is 7.16. The van der Waals surface area contributed by atoms with E-state index in [0.717, 1.165) is 30.7 Å². The maximum atomic E-state index is 12.9. The normalized spacial score (nSPS) is 14.0. The zero-order valence-electron chi connectivity index (χ0n) is 14.3. The van der Waals surface area contributed by atoms with Crippen molar-refractivity contribution in [1.82, 2.24) is 14.4 Å². The number of carbonyl (C=O) groups is 1. The molecule has 0 saturated heterocycles. The lowest BCUT2D eigenvalue weighted by molar-refractivity contribution is 0.102. The molecule has 0 saturated carbocycles. The van der Waals surface area contributed by atoms with Crippen LogP contribution in [-0.4, -0.2) is 20.3 Å². The highest BCUT2D eigenvalue weighted by Gasteiger charge is 2.24. The number of aromatic nitrogens is 3. The van der Waals surface area contributed by atoms with Crippen LogP contribution in [0, 0.1) is 0 Å². The highest BCUT2D eigenvalue weighted by atomic mass is 32.1. The molecule has 0 radical (unpaired) electrons. The molecule has 1 aliphatic rings. The van der Waals surface area contributed by atoms with Gasteiger partial charge < -0.3 is 0 Å². The van der Waals surface area contributed by atoms with Crippen LogP contribution in [0.15, 0.2) is 16.4 Å². The van der Waals surface area contributed by atoms with Crippen LogP contribution in [0.2, 0.25) is 0 Å². The first-order chi connectivity index (χ1) is 11.8. The average Bonchev–Trinajstić information content (AvgIpc) is 3.19. The SMILES string of the molecule is CC(C)(C)c1csc2ncc(C(=O)Nc3nc4c(s3)CCC4)c(=O)n12. The summed E-state index contributed by atoms with van der Waals surface area (Å²) in [4.78, 5) is 36.0. The van der Waals surface area contributed by atoms with Gasteiger partial charge in [0.15, 0.2) is 10.1 Å². The van der Waals surface area contributed by atoms with E-state index >= 15 is 0 Å². The number of amides is 1. The number of hydrogen-bond acceptors (Lipinski definition) is 6. The third kappa shape index (κ3) is 2.79. The Morgan fingerprint density at radius 1 is 1.32 bits per heavy atom. The van der Waals surface area contributed by atoms with Crippen molar-refractivity contribution < 1.29 is 4.79 Å². The monoisotopic (exact) mass is 374 g/mol. The quantitative estimate of drug-likeness (QED) is 0.747. The summed E-state index contributed by atoms with van der Waals surface area (Å²) in [6, 6.07) is 0. The molecule has 0 aliphatic heterocycles. The number of rotatable bonds is 2. The number of anilines is 1. The summed E-state index contributed by atoms with van der Waals surface area (Å²) in [5.41, 5.74) is 1.41. The van der Waals surface area contributed by atoms with E-state index in [1.165, 1.54) is 33.7 Å². The molecule has 4 rings (SSSR count). The van der Waals surface area contributed by atoms with E-state index in [4.69, 9.17) is 0 Å². The van der Waals surface area contributed by atoms with Gasteiger partial charge in [0.25, 0.3) is 11.5 Å². The first-order valence-corrected chi connectivity index (χ1v) is 9.84. The summed E-state index contributed by atoms with van der Waals surface area (Å²) >= 11 is 2.90. The zero-order chi connectivity index (χ0) is 17.8. The first-order valence-electron chi connectivity index (χ1n) is 8.14. The summed E-state index contributed by atoms with van der Waals surface area (Å²) in [5, 5.41) is 5.25. The lowest BCUT2D eigenvalue weighted by Crippen LogP contribution is -2.29.